The van der Waals surface area contributed by atoms with E-state index < -0.39 is 53.7 Å². The van der Waals surface area contributed by atoms with E-state index in [9.17, 15) is 34.6 Å². The van der Waals surface area contributed by atoms with Crippen molar-refractivity contribution in [2.75, 3.05) is 13.6 Å². The molecule has 42 heavy (non-hydrogen) atoms. The Morgan fingerprint density at radius 1 is 0.810 bits per heavy atom. The van der Waals surface area contributed by atoms with Crippen LogP contribution in [0, 0.1) is 20.2 Å². The second-order valence-electron chi connectivity index (χ2n) is 8.44. The topological polar surface area (TPSA) is 212 Å². The number of esters is 2. The first-order chi connectivity index (χ1) is 20.2. The molecule has 0 aliphatic rings. The van der Waals surface area contributed by atoms with Gasteiger partial charge in [-0.05, 0) is 36.4 Å². The Morgan fingerprint density at radius 3 is 1.79 bits per heavy atom. The van der Waals surface area contributed by atoms with Crippen LogP contribution in [-0.2, 0) is 23.9 Å². The summed E-state index contributed by atoms with van der Waals surface area (Å²) in [5.74, 6) is -2.36. The quantitative estimate of drug-likeness (QED) is 0.111. The van der Waals surface area contributed by atoms with E-state index in [1.54, 1.807) is 0 Å². The van der Waals surface area contributed by atoms with Crippen LogP contribution in [0.15, 0.2) is 60.9 Å². The maximum absolute atomic E-state index is 12.6. The van der Waals surface area contributed by atoms with E-state index in [4.69, 9.17) is 18.9 Å². The molecular formula is C26H21N5O11. The molecule has 4 rings (SSSR count). The average Bonchev–Trinajstić information content (AvgIpc) is 2.96. The zero-order valence-corrected chi connectivity index (χ0v) is 21.8. The Balaban J connectivity index is 1.34. The minimum atomic E-state index is -1.44. The SMILES string of the molecule is CC(=O)NC(CC(=O)OCOc1ccc([N+](=O)[O-])c2cccnc12)C(=O)OCOc1ccc([N+](=O)[O-])c2cccnc12. The fourth-order valence-corrected chi connectivity index (χ4v) is 3.89. The van der Waals surface area contributed by atoms with Crippen molar-refractivity contribution in [3.8, 4) is 11.5 Å². The summed E-state index contributed by atoms with van der Waals surface area (Å²) in [6, 6.07) is 9.64. The Labute approximate surface area is 235 Å². The van der Waals surface area contributed by atoms with E-state index in [-0.39, 0.29) is 44.7 Å². The van der Waals surface area contributed by atoms with E-state index in [0.717, 1.165) is 6.92 Å². The standard InChI is InChI=1S/C26H21N5O11/c1-15(32)29-18(26(34)42-14-40-22-9-7-20(31(37)38)17-5-3-11-28-25(17)22)12-23(33)41-13-39-21-8-6-19(30(35)36)16-4-2-10-27-24(16)21/h2-11,18H,12-14H2,1H3,(H,29,32). The molecule has 2 aromatic heterocycles. The lowest BCUT2D eigenvalue weighted by Gasteiger charge is -2.17. The predicted octanol–water partition coefficient (Wildman–Crippen LogP) is 2.95. The van der Waals surface area contributed by atoms with Crippen LogP contribution in [0.2, 0.25) is 0 Å². The summed E-state index contributed by atoms with van der Waals surface area (Å²) in [5.41, 5.74) is -0.0195. The lowest BCUT2D eigenvalue weighted by atomic mass is 10.1. The molecule has 0 bridgehead atoms. The van der Waals surface area contributed by atoms with E-state index in [1.807, 2.05) is 0 Å². The number of ether oxygens (including phenoxy) is 4. The third kappa shape index (κ3) is 6.79. The van der Waals surface area contributed by atoms with Crippen LogP contribution >= 0.6 is 0 Å². The monoisotopic (exact) mass is 579 g/mol. The van der Waals surface area contributed by atoms with Crippen molar-refractivity contribution in [3.63, 3.8) is 0 Å². The van der Waals surface area contributed by atoms with Gasteiger partial charge in [-0.1, -0.05) is 0 Å². The summed E-state index contributed by atoms with van der Waals surface area (Å²) in [4.78, 5) is 66.2. The van der Waals surface area contributed by atoms with E-state index in [0.29, 0.717) is 0 Å². The number of pyridine rings is 2. The van der Waals surface area contributed by atoms with Crippen molar-refractivity contribution in [2.24, 2.45) is 0 Å². The first-order valence-corrected chi connectivity index (χ1v) is 12.0. The number of carbonyl (C=O) groups excluding carboxylic acids is 3. The second kappa shape index (κ2) is 12.9. The number of benzene rings is 2. The van der Waals surface area contributed by atoms with Crippen molar-refractivity contribution in [1.82, 2.24) is 15.3 Å². The number of hydrogen-bond acceptors (Lipinski definition) is 13. The summed E-state index contributed by atoms with van der Waals surface area (Å²) in [6.07, 6.45) is 2.20. The summed E-state index contributed by atoms with van der Waals surface area (Å²) in [6.45, 7) is -0.142. The number of aromatic nitrogens is 2. The van der Waals surface area contributed by atoms with Crippen LogP contribution in [0.1, 0.15) is 13.3 Å². The molecule has 16 heteroatoms. The Kier molecular flexibility index (Phi) is 8.96. The predicted molar refractivity (Wildman–Crippen MR) is 142 cm³/mol. The van der Waals surface area contributed by atoms with Gasteiger partial charge in [-0.25, -0.2) is 4.79 Å². The Bertz CT molecular complexity index is 1690. The molecule has 1 amide bonds. The molecule has 1 atom stereocenters. The van der Waals surface area contributed by atoms with Crippen LogP contribution < -0.4 is 14.8 Å². The molecule has 0 spiro atoms. The fraction of sp³-hybridized carbons (Fsp3) is 0.192. The number of non-ortho nitro benzene ring substituents is 2. The van der Waals surface area contributed by atoms with Gasteiger partial charge in [0.05, 0.1) is 27.0 Å². The van der Waals surface area contributed by atoms with Gasteiger partial charge in [0.2, 0.25) is 19.5 Å². The zero-order chi connectivity index (χ0) is 30.2. The maximum Gasteiger partial charge on any atom is 0.332 e. The lowest BCUT2D eigenvalue weighted by molar-refractivity contribution is -0.383. The van der Waals surface area contributed by atoms with Crippen molar-refractivity contribution < 1.29 is 43.2 Å². The van der Waals surface area contributed by atoms with Gasteiger partial charge in [0, 0.05) is 31.5 Å². The van der Waals surface area contributed by atoms with Gasteiger partial charge >= 0.3 is 11.9 Å². The fourth-order valence-electron chi connectivity index (χ4n) is 3.89. The van der Waals surface area contributed by atoms with Gasteiger partial charge in [-0.3, -0.25) is 39.8 Å². The molecule has 16 nitrogen and oxygen atoms in total. The van der Waals surface area contributed by atoms with Gasteiger partial charge in [0.15, 0.2) is 0 Å². The number of nitrogens with zero attached hydrogens (tertiary/aromatic N) is 4. The number of nitrogens with one attached hydrogen (secondary N) is 1. The van der Waals surface area contributed by atoms with Gasteiger partial charge < -0.3 is 24.3 Å². The molecule has 0 fully saturated rings. The molecule has 2 heterocycles. The van der Waals surface area contributed by atoms with Crippen LogP contribution in [0.4, 0.5) is 11.4 Å². The van der Waals surface area contributed by atoms with Gasteiger partial charge in [0.1, 0.15) is 28.6 Å². The number of amides is 1. The van der Waals surface area contributed by atoms with Crippen molar-refractivity contribution in [3.05, 3.63) is 81.2 Å². The first-order valence-electron chi connectivity index (χ1n) is 12.0. The lowest BCUT2D eigenvalue weighted by Crippen LogP contribution is -2.43. The van der Waals surface area contributed by atoms with Crippen molar-refractivity contribution in [1.29, 1.82) is 0 Å². The van der Waals surface area contributed by atoms with Crippen molar-refractivity contribution >= 4 is 51.0 Å². The summed E-state index contributed by atoms with van der Waals surface area (Å²) >= 11 is 0. The highest BCUT2D eigenvalue weighted by atomic mass is 16.7. The van der Waals surface area contributed by atoms with E-state index in [2.05, 4.69) is 15.3 Å². The van der Waals surface area contributed by atoms with E-state index >= 15 is 0 Å². The van der Waals surface area contributed by atoms with E-state index in [1.165, 1.54) is 60.9 Å². The third-order valence-electron chi connectivity index (χ3n) is 5.70. The summed E-state index contributed by atoms with van der Waals surface area (Å²) in [5, 5.41) is 25.2. The second-order valence-corrected chi connectivity index (χ2v) is 8.44. The minimum Gasteiger partial charge on any atom is -0.455 e. The molecule has 0 aliphatic carbocycles. The first kappa shape index (κ1) is 29.1. The number of rotatable bonds is 12. The highest BCUT2D eigenvalue weighted by Gasteiger charge is 2.26. The van der Waals surface area contributed by atoms with Gasteiger partial charge in [-0.2, -0.15) is 0 Å². The minimum absolute atomic E-state index is 0.102. The molecule has 1 N–H and O–H groups in total. The molecule has 2 aromatic carbocycles. The van der Waals surface area contributed by atoms with Crippen LogP contribution in [-0.4, -0.2) is 57.3 Å². The van der Waals surface area contributed by atoms with Gasteiger partial charge in [-0.15, -0.1) is 0 Å². The number of nitro benzene ring substituents is 2. The van der Waals surface area contributed by atoms with Crippen LogP contribution in [0.3, 0.4) is 0 Å². The van der Waals surface area contributed by atoms with Crippen molar-refractivity contribution in [2.45, 2.75) is 19.4 Å². The molecular weight excluding hydrogens is 558 g/mol. The maximum atomic E-state index is 12.6. The smallest absolute Gasteiger partial charge is 0.332 e. The third-order valence-corrected chi connectivity index (χ3v) is 5.70. The molecule has 1 unspecified atom stereocenters. The zero-order valence-electron chi connectivity index (χ0n) is 21.8. The number of fused-ring (bicyclic) bond motifs is 2. The van der Waals surface area contributed by atoms with Crippen LogP contribution in [0.5, 0.6) is 11.5 Å². The number of nitro groups is 2. The molecule has 0 saturated heterocycles. The largest absolute Gasteiger partial charge is 0.455 e. The highest BCUT2D eigenvalue weighted by molar-refractivity contribution is 5.93. The molecule has 216 valence electrons. The number of carbonyl (C=O) groups is 3. The normalized spacial score (nSPS) is 11.4. The Hall–Kier alpha value is -5.93. The Morgan fingerprint density at radius 2 is 1.31 bits per heavy atom. The van der Waals surface area contributed by atoms with Gasteiger partial charge in [0.25, 0.3) is 11.4 Å². The average molecular weight is 579 g/mol. The van der Waals surface area contributed by atoms with Crippen LogP contribution in [0.25, 0.3) is 21.8 Å². The molecule has 0 aliphatic heterocycles. The number of hydrogen-bond donors (Lipinski definition) is 1. The highest BCUT2D eigenvalue weighted by Crippen LogP contribution is 2.32. The summed E-state index contributed by atoms with van der Waals surface area (Å²) < 4.78 is 20.9. The molecule has 0 saturated carbocycles. The summed E-state index contributed by atoms with van der Waals surface area (Å²) in [7, 11) is 0. The molecule has 4 aromatic rings. The molecule has 0 radical (unpaired) electrons.